The number of hydrogen-bond donors (Lipinski definition) is 2. The van der Waals surface area contributed by atoms with Crippen LogP contribution >= 0.6 is 0 Å². The highest BCUT2D eigenvalue weighted by molar-refractivity contribution is 4.79. The molecule has 2 aliphatic carbocycles. The fourth-order valence-corrected chi connectivity index (χ4v) is 3.40. The molecule has 94 valence electrons. The molecule has 0 aromatic carbocycles. The Bertz CT molecular complexity index is 185. The molecular formula is C14H27NO. The first kappa shape index (κ1) is 12.4. The summed E-state index contributed by atoms with van der Waals surface area (Å²) in [6, 6.07) is 0.753. The van der Waals surface area contributed by atoms with E-state index in [1.165, 1.54) is 38.5 Å². The summed E-state index contributed by atoms with van der Waals surface area (Å²) in [4.78, 5) is 0. The van der Waals surface area contributed by atoms with Crippen molar-refractivity contribution in [3.05, 3.63) is 0 Å². The van der Waals surface area contributed by atoms with Crippen LogP contribution in [0, 0.1) is 11.8 Å². The first-order valence-corrected chi connectivity index (χ1v) is 7.15. The highest BCUT2D eigenvalue weighted by Crippen LogP contribution is 2.26. The molecule has 2 saturated carbocycles. The van der Waals surface area contributed by atoms with Gasteiger partial charge in [-0.2, -0.15) is 0 Å². The molecule has 4 atom stereocenters. The van der Waals surface area contributed by atoms with Crippen LogP contribution in [-0.4, -0.2) is 23.8 Å². The maximum Gasteiger partial charge on any atom is 0.0543 e. The smallest absolute Gasteiger partial charge is 0.0543 e. The lowest BCUT2D eigenvalue weighted by atomic mass is 9.85. The topological polar surface area (TPSA) is 32.3 Å². The number of aliphatic hydroxyl groups is 1. The van der Waals surface area contributed by atoms with Crippen LogP contribution in [0.5, 0.6) is 0 Å². The van der Waals surface area contributed by atoms with Gasteiger partial charge in [-0.05, 0) is 50.5 Å². The summed E-state index contributed by atoms with van der Waals surface area (Å²) in [5, 5.41) is 13.4. The highest BCUT2D eigenvalue weighted by atomic mass is 16.3. The van der Waals surface area contributed by atoms with Gasteiger partial charge in [0.25, 0.3) is 0 Å². The molecule has 0 heterocycles. The van der Waals surface area contributed by atoms with E-state index in [4.69, 9.17) is 0 Å². The van der Waals surface area contributed by atoms with E-state index in [2.05, 4.69) is 12.2 Å². The molecule has 0 saturated heterocycles. The molecule has 2 fully saturated rings. The van der Waals surface area contributed by atoms with Gasteiger partial charge < -0.3 is 10.4 Å². The second kappa shape index (κ2) is 6.02. The van der Waals surface area contributed by atoms with Crippen LogP contribution in [0.15, 0.2) is 0 Å². The van der Waals surface area contributed by atoms with E-state index in [1.807, 2.05) is 0 Å². The zero-order valence-electron chi connectivity index (χ0n) is 10.6. The van der Waals surface area contributed by atoms with Crippen LogP contribution in [0.1, 0.15) is 58.3 Å². The van der Waals surface area contributed by atoms with E-state index in [0.717, 1.165) is 37.3 Å². The van der Waals surface area contributed by atoms with Crippen molar-refractivity contribution in [3.8, 4) is 0 Å². The van der Waals surface area contributed by atoms with Crippen LogP contribution in [0.4, 0.5) is 0 Å². The van der Waals surface area contributed by atoms with E-state index >= 15 is 0 Å². The minimum atomic E-state index is -0.0224. The number of rotatable bonds is 3. The lowest BCUT2D eigenvalue weighted by molar-refractivity contribution is 0.0985. The van der Waals surface area contributed by atoms with Gasteiger partial charge in [0.05, 0.1) is 6.10 Å². The predicted molar refractivity (Wildman–Crippen MR) is 67.4 cm³/mol. The molecule has 2 heteroatoms. The minimum Gasteiger partial charge on any atom is -0.393 e. The van der Waals surface area contributed by atoms with Crippen molar-refractivity contribution in [1.82, 2.24) is 5.32 Å². The number of nitrogens with one attached hydrogen (secondary N) is 1. The van der Waals surface area contributed by atoms with E-state index in [-0.39, 0.29) is 6.10 Å². The van der Waals surface area contributed by atoms with Crippen LogP contribution in [0.2, 0.25) is 0 Å². The molecule has 0 spiro atoms. The Kier molecular flexibility index (Phi) is 4.66. The van der Waals surface area contributed by atoms with Gasteiger partial charge in [-0.25, -0.2) is 0 Å². The van der Waals surface area contributed by atoms with Crippen molar-refractivity contribution in [2.45, 2.75) is 70.4 Å². The number of aliphatic hydroxyl groups excluding tert-OH is 1. The van der Waals surface area contributed by atoms with E-state index < -0.39 is 0 Å². The third kappa shape index (κ3) is 3.74. The van der Waals surface area contributed by atoms with Gasteiger partial charge >= 0.3 is 0 Å². The summed E-state index contributed by atoms with van der Waals surface area (Å²) in [5.41, 5.74) is 0. The Hall–Kier alpha value is -0.0800. The molecular weight excluding hydrogens is 198 g/mol. The summed E-state index contributed by atoms with van der Waals surface area (Å²) >= 11 is 0. The Morgan fingerprint density at radius 1 is 1.06 bits per heavy atom. The monoisotopic (exact) mass is 225 g/mol. The predicted octanol–water partition coefficient (Wildman–Crippen LogP) is 2.71. The van der Waals surface area contributed by atoms with E-state index in [0.29, 0.717) is 0 Å². The van der Waals surface area contributed by atoms with Gasteiger partial charge in [0.1, 0.15) is 0 Å². The van der Waals surface area contributed by atoms with Gasteiger partial charge in [0.15, 0.2) is 0 Å². The van der Waals surface area contributed by atoms with Gasteiger partial charge in [0.2, 0.25) is 0 Å². The van der Waals surface area contributed by atoms with Gasteiger partial charge in [-0.15, -0.1) is 0 Å². The maximum atomic E-state index is 9.63. The summed E-state index contributed by atoms with van der Waals surface area (Å²) in [7, 11) is 0. The van der Waals surface area contributed by atoms with Crippen LogP contribution in [0.3, 0.4) is 0 Å². The third-order valence-electron chi connectivity index (χ3n) is 4.39. The fraction of sp³-hybridized carbons (Fsp3) is 1.00. The van der Waals surface area contributed by atoms with Crippen molar-refractivity contribution >= 4 is 0 Å². The van der Waals surface area contributed by atoms with Crippen molar-refractivity contribution in [3.63, 3.8) is 0 Å². The van der Waals surface area contributed by atoms with Crippen molar-refractivity contribution in [1.29, 1.82) is 0 Å². The lowest BCUT2D eigenvalue weighted by Crippen LogP contribution is -2.38. The van der Waals surface area contributed by atoms with Crippen LogP contribution < -0.4 is 5.32 Å². The second-order valence-electron chi connectivity index (χ2n) is 6.06. The van der Waals surface area contributed by atoms with Gasteiger partial charge in [-0.1, -0.05) is 26.2 Å². The molecule has 16 heavy (non-hydrogen) atoms. The van der Waals surface area contributed by atoms with Crippen LogP contribution in [-0.2, 0) is 0 Å². The van der Waals surface area contributed by atoms with Gasteiger partial charge in [-0.3, -0.25) is 0 Å². The third-order valence-corrected chi connectivity index (χ3v) is 4.39. The highest BCUT2D eigenvalue weighted by Gasteiger charge is 2.22. The molecule has 2 rings (SSSR count). The first-order chi connectivity index (χ1) is 7.74. The molecule has 2 nitrogen and oxygen atoms in total. The summed E-state index contributed by atoms with van der Waals surface area (Å²) in [6.45, 7) is 3.51. The lowest BCUT2D eigenvalue weighted by Gasteiger charge is -2.31. The molecule has 2 N–H and O–H groups in total. The average molecular weight is 225 g/mol. The van der Waals surface area contributed by atoms with E-state index in [9.17, 15) is 5.11 Å². The molecule has 0 aliphatic heterocycles. The Morgan fingerprint density at radius 2 is 1.88 bits per heavy atom. The Morgan fingerprint density at radius 3 is 2.62 bits per heavy atom. The van der Waals surface area contributed by atoms with Gasteiger partial charge in [0, 0.05) is 6.04 Å². The zero-order valence-corrected chi connectivity index (χ0v) is 10.6. The summed E-state index contributed by atoms with van der Waals surface area (Å²) in [5.74, 6) is 1.63. The molecule has 0 aromatic rings. The minimum absolute atomic E-state index is 0.0224. The van der Waals surface area contributed by atoms with Crippen LogP contribution in [0.25, 0.3) is 0 Å². The molecule has 0 radical (unpaired) electrons. The van der Waals surface area contributed by atoms with E-state index in [1.54, 1.807) is 0 Å². The number of hydrogen-bond acceptors (Lipinski definition) is 2. The average Bonchev–Trinajstić information content (AvgIpc) is 2.27. The van der Waals surface area contributed by atoms with Crippen molar-refractivity contribution in [2.24, 2.45) is 11.8 Å². The first-order valence-electron chi connectivity index (χ1n) is 7.15. The maximum absolute atomic E-state index is 9.63. The second-order valence-corrected chi connectivity index (χ2v) is 6.06. The fourth-order valence-electron chi connectivity index (χ4n) is 3.40. The molecule has 2 aliphatic rings. The Balaban J connectivity index is 1.66. The summed E-state index contributed by atoms with van der Waals surface area (Å²) in [6.07, 6.45) is 10.1. The standard InChI is InChI=1S/C14H27NO/c1-11-4-2-6-13(8-11)15-10-12-5-3-7-14(16)9-12/h11-16H,2-10H2,1H3. The summed E-state index contributed by atoms with van der Waals surface area (Å²) < 4.78 is 0. The van der Waals surface area contributed by atoms with Crippen molar-refractivity contribution < 1.29 is 5.11 Å². The molecule has 0 bridgehead atoms. The molecule has 4 unspecified atom stereocenters. The molecule has 0 aromatic heterocycles. The SMILES string of the molecule is CC1CCCC(NCC2CCCC(O)C2)C1. The Labute approximate surface area is 99.8 Å². The quantitative estimate of drug-likeness (QED) is 0.774. The molecule has 0 amide bonds. The largest absolute Gasteiger partial charge is 0.393 e. The normalized spacial score (nSPS) is 40.9. The van der Waals surface area contributed by atoms with Crippen molar-refractivity contribution in [2.75, 3.05) is 6.54 Å². The zero-order chi connectivity index (χ0) is 11.4.